The quantitative estimate of drug-likeness (QED) is 0.224. The number of hydrogen-bond donors (Lipinski definition) is 1. The number of ether oxygens (including phenoxy) is 2. The molecule has 7 nitrogen and oxygen atoms in total. The fourth-order valence-electron chi connectivity index (χ4n) is 5.36. The van der Waals surface area contributed by atoms with E-state index in [9.17, 15) is 13.2 Å². The maximum absolute atomic E-state index is 14.5. The van der Waals surface area contributed by atoms with Crippen LogP contribution in [0.25, 0.3) is 21.5 Å². The zero-order valence-electron chi connectivity index (χ0n) is 21.1. The summed E-state index contributed by atoms with van der Waals surface area (Å²) in [6, 6.07) is 33.9. The summed E-state index contributed by atoms with van der Waals surface area (Å²) in [5.74, 6) is 0. The molecule has 5 aromatic carbocycles. The number of sulfonamides is 1. The van der Waals surface area contributed by atoms with Gasteiger partial charge in [0.1, 0.15) is 6.04 Å². The van der Waals surface area contributed by atoms with Gasteiger partial charge in [-0.15, -0.1) is 4.83 Å². The molecule has 8 heteroatoms. The number of fused-ring (bicyclic) bond motifs is 2. The van der Waals surface area contributed by atoms with E-state index in [2.05, 4.69) is 4.83 Å². The van der Waals surface area contributed by atoms with Gasteiger partial charge in [0.25, 0.3) is 10.0 Å². The summed E-state index contributed by atoms with van der Waals surface area (Å²) in [7, 11) is -2.81. The Morgan fingerprint density at radius 1 is 0.821 bits per heavy atom. The second-order valence-electron chi connectivity index (χ2n) is 9.37. The first-order chi connectivity index (χ1) is 19.0. The van der Waals surface area contributed by atoms with Crippen LogP contribution < -0.4 is 4.83 Å². The highest BCUT2D eigenvalue weighted by atomic mass is 32.2. The first-order valence-electron chi connectivity index (χ1n) is 12.5. The van der Waals surface area contributed by atoms with Crippen LogP contribution in [0.3, 0.4) is 0 Å². The molecule has 0 saturated carbocycles. The normalized spacial score (nSPS) is 21.9. The van der Waals surface area contributed by atoms with Crippen molar-refractivity contribution in [2.75, 3.05) is 7.11 Å². The van der Waals surface area contributed by atoms with Crippen LogP contribution in [-0.4, -0.2) is 33.1 Å². The van der Waals surface area contributed by atoms with Crippen LogP contribution in [0.4, 0.5) is 0 Å². The minimum Gasteiger partial charge on any atom is -0.354 e. The highest BCUT2D eigenvalue weighted by Crippen LogP contribution is 2.46. The van der Waals surface area contributed by atoms with Crippen molar-refractivity contribution in [3.05, 3.63) is 126 Å². The Morgan fingerprint density at radius 2 is 1.36 bits per heavy atom. The maximum atomic E-state index is 14.5. The molecule has 1 N–H and O–H groups in total. The Bertz CT molecular complexity index is 1710. The van der Waals surface area contributed by atoms with Crippen molar-refractivity contribution in [2.24, 2.45) is 0 Å². The molecule has 6 rings (SSSR count). The van der Waals surface area contributed by atoms with Crippen molar-refractivity contribution in [2.45, 2.75) is 23.0 Å². The highest BCUT2D eigenvalue weighted by Gasteiger charge is 2.57. The topological polar surface area (TPSA) is 84.9 Å². The van der Waals surface area contributed by atoms with E-state index in [0.29, 0.717) is 22.6 Å². The third kappa shape index (κ3) is 4.23. The van der Waals surface area contributed by atoms with Gasteiger partial charge >= 0.3 is 0 Å². The van der Waals surface area contributed by atoms with Gasteiger partial charge in [-0.1, -0.05) is 109 Å². The molecule has 0 radical (unpaired) electrons. The van der Waals surface area contributed by atoms with E-state index in [1.165, 1.54) is 12.1 Å². The van der Waals surface area contributed by atoms with Gasteiger partial charge in [-0.25, -0.2) is 8.42 Å². The molecule has 0 unspecified atom stereocenters. The van der Waals surface area contributed by atoms with Crippen LogP contribution in [0, 0.1) is 0 Å². The van der Waals surface area contributed by atoms with Gasteiger partial charge in [0.05, 0.1) is 4.90 Å². The Morgan fingerprint density at radius 3 is 1.92 bits per heavy atom. The van der Waals surface area contributed by atoms with Crippen LogP contribution in [0.15, 0.2) is 120 Å². The predicted octanol–water partition coefficient (Wildman–Crippen LogP) is 5.28. The fraction of sp³-hybridized carbons (Fsp3) is 0.129. The number of rotatable bonds is 7. The van der Waals surface area contributed by atoms with E-state index in [4.69, 9.17) is 9.47 Å². The third-order valence-electron chi connectivity index (χ3n) is 7.12. The van der Waals surface area contributed by atoms with Crippen molar-refractivity contribution in [1.29, 1.82) is 0 Å². The zero-order valence-corrected chi connectivity index (χ0v) is 21.9. The monoisotopic (exact) mass is 538 g/mol. The lowest BCUT2D eigenvalue weighted by Gasteiger charge is -2.35. The average Bonchev–Trinajstić information content (AvgIpc) is 3.30. The lowest BCUT2D eigenvalue weighted by molar-refractivity contribution is -0.181. The van der Waals surface area contributed by atoms with E-state index < -0.39 is 28.1 Å². The number of methoxy groups -OCH3 is 1. The second-order valence-corrected chi connectivity index (χ2v) is 11.0. The van der Waals surface area contributed by atoms with E-state index in [0.717, 1.165) is 16.3 Å². The number of hydrazine groups is 1. The molecule has 0 aromatic heterocycles. The van der Waals surface area contributed by atoms with E-state index in [1.54, 1.807) is 36.4 Å². The molecule has 39 heavy (non-hydrogen) atoms. The van der Waals surface area contributed by atoms with Gasteiger partial charge < -0.3 is 9.47 Å². The smallest absolute Gasteiger partial charge is 0.254 e. The summed E-state index contributed by atoms with van der Waals surface area (Å²) in [4.78, 5) is 15.9. The Labute approximate surface area is 226 Å². The summed E-state index contributed by atoms with van der Waals surface area (Å²) in [5.41, 5.74) is -0.615. The van der Waals surface area contributed by atoms with Crippen molar-refractivity contribution in [1.82, 2.24) is 9.84 Å². The molecule has 1 aliphatic rings. The predicted molar refractivity (Wildman–Crippen MR) is 149 cm³/mol. The first-order valence-corrected chi connectivity index (χ1v) is 14.0. The SMILES string of the molecule is CO[C@@H]1O[C@@](C=O)(c2ccccc2)N(NS(=O)(=O)c2c3ccccc3cc3ccccc23)[C@H]1c1ccccc1. The molecular weight excluding hydrogens is 512 g/mol. The highest BCUT2D eigenvalue weighted by molar-refractivity contribution is 7.90. The lowest BCUT2D eigenvalue weighted by atomic mass is 10.0. The van der Waals surface area contributed by atoms with Crippen molar-refractivity contribution < 1.29 is 22.7 Å². The largest absolute Gasteiger partial charge is 0.354 e. The molecule has 1 heterocycles. The van der Waals surface area contributed by atoms with Gasteiger partial charge in [-0.05, 0) is 22.4 Å². The summed E-state index contributed by atoms with van der Waals surface area (Å²) in [6.45, 7) is 0. The standard InChI is InChI=1S/C31H26N2O5S/c1-37-30-28(22-12-4-2-5-13-22)33(31(21-34,38-30)25-16-6-3-7-17-25)32-39(35,36)29-26-18-10-8-14-23(26)20-24-15-9-11-19-27(24)29/h2-21,28,30,32H,1H3/t28-,30+,31-/m0/s1. The number of benzene rings is 5. The fourth-order valence-corrected chi connectivity index (χ4v) is 6.91. The summed E-state index contributed by atoms with van der Waals surface area (Å²) >= 11 is 0. The van der Waals surface area contributed by atoms with Crippen LogP contribution in [0.5, 0.6) is 0 Å². The molecule has 3 atom stereocenters. The van der Waals surface area contributed by atoms with Gasteiger partial charge in [-0.2, -0.15) is 5.01 Å². The number of nitrogens with zero attached hydrogens (tertiary/aromatic N) is 1. The summed E-state index contributed by atoms with van der Waals surface area (Å²) in [6.07, 6.45) is -0.342. The van der Waals surface area contributed by atoms with E-state index in [-0.39, 0.29) is 4.90 Å². The van der Waals surface area contributed by atoms with Crippen LogP contribution in [0.1, 0.15) is 17.2 Å². The summed E-state index contributed by atoms with van der Waals surface area (Å²) in [5, 5.41) is 4.08. The van der Waals surface area contributed by atoms with Gasteiger partial charge in [-0.3, -0.25) is 4.79 Å². The number of carbonyl (C=O) groups excluding carboxylic acids is 1. The molecular formula is C31H26N2O5S. The van der Waals surface area contributed by atoms with Gasteiger partial charge in [0.2, 0.25) is 5.72 Å². The Kier molecular flexibility index (Phi) is 6.50. The zero-order chi connectivity index (χ0) is 27.0. The minimum atomic E-state index is -4.28. The molecule has 1 aliphatic heterocycles. The van der Waals surface area contributed by atoms with E-state index >= 15 is 0 Å². The van der Waals surface area contributed by atoms with E-state index in [1.807, 2.05) is 78.9 Å². The summed E-state index contributed by atoms with van der Waals surface area (Å²) < 4.78 is 40.9. The molecule has 196 valence electrons. The first kappa shape index (κ1) is 25.4. The number of aldehydes is 1. The lowest BCUT2D eigenvalue weighted by Crippen LogP contribution is -2.54. The Hall–Kier alpha value is -3.92. The molecule has 0 spiro atoms. The maximum Gasteiger partial charge on any atom is 0.254 e. The Balaban J connectivity index is 1.59. The minimum absolute atomic E-state index is 0.122. The van der Waals surface area contributed by atoms with Crippen molar-refractivity contribution in [3.8, 4) is 0 Å². The molecule has 0 aliphatic carbocycles. The van der Waals surface area contributed by atoms with Crippen LogP contribution in [-0.2, 0) is 30.0 Å². The number of hydrogen-bond acceptors (Lipinski definition) is 6. The molecule has 1 saturated heterocycles. The van der Waals surface area contributed by atoms with Crippen molar-refractivity contribution in [3.63, 3.8) is 0 Å². The van der Waals surface area contributed by atoms with Crippen LogP contribution >= 0.6 is 0 Å². The van der Waals surface area contributed by atoms with Gasteiger partial charge in [0, 0.05) is 23.4 Å². The van der Waals surface area contributed by atoms with Gasteiger partial charge in [0.15, 0.2) is 12.6 Å². The third-order valence-corrected chi connectivity index (χ3v) is 8.53. The average molecular weight is 539 g/mol. The van der Waals surface area contributed by atoms with Crippen LogP contribution in [0.2, 0.25) is 0 Å². The van der Waals surface area contributed by atoms with Crippen molar-refractivity contribution >= 4 is 37.9 Å². The second kappa shape index (κ2) is 10.00. The molecule has 0 amide bonds. The number of carbonyl (C=O) groups is 1. The molecule has 0 bridgehead atoms. The number of nitrogens with one attached hydrogen (secondary N) is 1. The molecule has 1 fully saturated rings. The molecule has 5 aromatic rings.